The number of hydrogen-bond donors (Lipinski definition) is 1. The second kappa shape index (κ2) is 10.7. The van der Waals surface area contributed by atoms with Gasteiger partial charge in [0, 0.05) is 4.66 Å². The first-order valence-electron chi connectivity index (χ1n) is 0.478. The van der Waals surface area contributed by atoms with Gasteiger partial charge in [-0.3, -0.25) is 0 Å². The summed E-state index contributed by atoms with van der Waals surface area (Å²) in [6.07, 6.45) is 0. The van der Waals surface area contributed by atoms with Gasteiger partial charge in [0.05, 0.1) is 0 Å². The van der Waals surface area contributed by atoms with E-state index in [4.69, 9.17) is 14.0 Å². The third-order valence-corrected chi connectivity index (χ3v) is 0. The molecule has 6 heteroatoms. The largest absolute Gasteiger partial charge is 0.321 e. The molecule has 6 heavy (non-hydrogen) atoms. The molecule has 0 radical (unpaired) electrons. The summed E-state index contributed by atoms with van der Waals surface area (Å²) in [6.45, 7) is 0. The molecule has 0 aromatic heterocycles. The summed E-state index contributed by atoms with van der Waals surface area (Å²) in [7, 11) is -2.60. The Bertz CT molecular complexity index is 15.5. The van der Waals surface area contributed by atoms with Gasteiger partial charge in [0.25, 0.3) is 10.8 Å². The first-order chi connectivity index (χ1) is 1.73. The maximum absolute atomic E-state index is 8.52. The van der Waals surface area contributed by atoms with E-state index in [0.29, 0.717) is 0 Å². The summed E-state index contributed by atoms with van der Waals surface area (Å²) in [6, 6.07) is 0. The molecule has 0 heterocycles. The van der Waals surface area contributed by atoms with E-state index in [1.165, 1.54) is 0 Å². The fraction of sp³-hybridized carbons (Fsp3) is 0. The molecule has 0 fully saturated rings. The van der Waals surface area contributed by atoms with E-state index in [1.54, 1.807) is 0 Å². The zero-order chi connectivity index (χ0) is 3.58. The Morgan fingerprint density at radius 1 is 1.33 bits per heavy atom. The minimum absolute atomic E-state index is 0. The normalized spacial score (nSPS) is 6.00. The third kappa shape index (κ3) is 29.1. The molecule has 0 aromatic rings. The van der Waals surface area contributed by atoms with Crippen molar-refractivity contribution >= 4 is 80.9 Å². The van der Waals surface area contributed by atoms with Crippen LogP contribution < -0.4 is 9.32 Å². The van der Waals surface area contributed by atoms with Crippen molar-refractivity contribution in [1.82, 2.24) is 0 Å². The van der Waals surface area contributed by atoms with Gasteiger partial charge < -0.3 is 9.32 Å². The molecule has 0 saturated carbocycles. The topological polar surface area (TPSA) is 66.3 Å². The molecular weight excluding hydrogens is 146 g/mol. The molecule has 30 valence electrons. The smallest absolute Gasteiger partial charge is 0.282 e. The monoisotopic (exact) mass is 148 g/mol. The van der Waals surface area contributed by atoms with Gasteiger partial charge in [0.15, 0.2) is 0 Å². The van der Waals surface area contributed by atoms with Crippen LogP contribution in [0.2, 0.25) is 0 Å². The summed E-state index contributed by atoms with van der Waals surface area (Å²) >= 11 is 0. The second-order valence-corrected chi connectivity index (χ2v) is 0.603. The minimum Gasteiger partial charge on any atom is -0.321 e. The van der Waals surface area contributed by atoms with Gasteiger partial charge in [-0.1, -0.05) is 0 Å². The molecule has 0 amide bonds. The van der Waals surface area contributed by atoms with Gasteiger partial charge in [-0.05, 0) is 0 Å². The van der Waals surface area contributed by atoms with E-state index >= 15 is 0 Å². The predicted octanol–water partition coefficient (Wildman–Crippen LogP) is -4.23. The second-order valence-electron chi connectivity index (χ2n) is 0.201. The van der Waals surface area contributed by atoms with E-state index in [9.17, 15) is 0 Å². The maximum atomic E-state index is 8.52. The Labute approximate surface area is 103 Å². The molecule has 0 atom stereocenters. The van der Waals surface area contributed by atoms with Gasteiger partial charge >= 0.3 is 80.9 Å². The van der Waals surface area contributed by atoms with Gasteiger partial charge in [0.2, 0.25) is 0 Å². The third-order valence-electron chi connectivity index (χ3n) is 0. The molecule has 0 rings (SSSR count). The minimum atomic E-state index is -2.60. The SMILES string of the molecule is [KH].[NaH].[O-][Cl+2]([O-])O. The number of hydrogen-bond acceptors (Lipinski definition) is 3. The van der Waals surface area contributed by atoms with Gasteiger partial charge in [0.1, 0.15) is 0 Å². The first kappa shape index (κ1) is 15.9. The summed E-state index contributed by atoms with van der Waals surface area (Å²) in [5, 5.41) is 0. The zero-order valence-electron chi connectivity index (χ0n) is 1.64. The summed E-state index contributed by atoms with van der Waals surface area (Å²) in [5.74, 6) is 0. The summed E-state index contributed by atoms with van der Waals surface area (Å²) in [4.78, 5) is 0. The van der Waals surface area contributed by atoms with Gasteiger partial charge in [-0.2, -0.15) is 0 Å². The van der Waals surface area contributed by atoms with Crippen LogP contribution in [0.5, 0.6) is 0 Å². The van der Waals surface area contributed by atoms with Crippen LogP contribution in [0.25, 0.3) is 0 Å². The fourth-order valence-corrected chi connectivity index (χ4v) is 0. The Hall–Kier alpha value is 2.81. The Morgan fingerprint density at radius 2 is 1.33 bits per heavy atom. The van der Waals surface area contributed by atoms with Crippen molar-refractivity contribution < 1.29 is 24.8 Å². The average molecular weight is 149 g/mol. The van der Waals surface area contributed by atoms with Crippen molar-refractivity contribution in [3.8, 4) is 0 Å². The summed E-state index contributed by atoms with van der Waals surface area (Å²) < 4.78 is 24.0. The van der Waals surface area contributed by atoms with Crippen molar-refractivity contribution in [3.05, 3.63) is 0 Å². The number of halogens is 1. The molecule has 0 unspecified atom stereocenters. The van der Waals surface area contributed by atoms with Crippen LogP contribution >= 0.6 is 0 Å². The fourth-order valence-electron chi connectivity index (χ4n) is 0. The van der Waals surface area contributed by atoms with E-state index < -0.39 is 10.8 Å². The average Bonchev–Trinajstić information content (AvgIpc) is 0.811. The molecule has 0 bridgehead atoms. The molecule has 0 aliphatic rings. The number of rotatable bonds is 0. The molecule has 0 spiro atoms. The Kier molecular flexibility index (Phi) is 28.5. The first-order valence-corrected chi connectivity index (χ1v) is 1.43. The molecule has 0 aliphatic carbocycles. The maximum Gasteiger partial charge on any atom is 0.282 e. The van der Waals surface area contributed by atoms with Gasteiger partial charge in [-0.15, -0.1) is 0 Å². The van der Waals surface area contributed by atoms with Gasteiger partial charge in [-0.25, -0.2) is 0 Å². The van der Waals surface area contributed by atoms with Crippen molar-refractivity contribution in [3.63, 3.8) is 0 Å². The van der Waals surface area contributed by atoms with Crippen LogP contribution in [0, 0.1) is 10.8 Å². The Balaban J connectivity index is -0.0000000450. The van der Waals surface area contributed by atoms with Crippen LogP contribution in [0.15, 0.2) is 0 Å². The predicted molar refractivity (Wildman–Crippen MR) is 16.5 cm³/mol. The molecule has 1 N–H and O–H groups in total. The van der Waals surface area contributed by atoms with Crippen molar-refractivity contribution in [2.45, 2.75) is 0 Å². The van der Waals surface area contributed by atoms with Crippen LogP contribution in [0.3, 0.4) is 0 Å². The molecule has 0 aliphatic heterocycles. The molecule has 0 aromatic carbocycles. The van der Waals surface area contributed by atoms with E-state index in [1.807, 2.05) is 0 Å². The standard InChI is InChI=1S/ClHO3.K.Na.2H/c2-1(3)4;;;;/h2H;;;;. The Morgan fingerprint density at radius 3 is 1.33 bits per heavy atom. The molecule has 3 nitrogen and oxygen atoms in total. The van der Waals surface area contributed by atoms with Crippen molar-refractivity contribution in [2.75, 3.05) is 0 Å². The molecule has 0 saturated heterocycles. The summed E-state index contributed by atoms with van der Waals surface area (Å²) in [5.41, 5.74) is 0. The van der Waals surface area contributed by atoms with Crippen LogP contribution in [0.1, 0.15) is 0 Å². The van der Waals surface area contributed by atoms with E-state index in [2.05, 4.69) is 0 Å². The zero-order valence-corrected chi connectivity index (χ0v) is 2.40. The van der Waals surface area contributed by atoms with Crippen molar-refractivity contribution in [2.24, 2.45) is 0 Å². The van der Waals surface area contributed by atoms with Crippen LogP contribution in [-0.2, 0) is 0 Å². The van der Waals surface area contributed by atoms with Crippen molar-refractivity contribution in [1.29, 1.82) is 0 Å². The van der Waals surface area contributed by atoms with E-state index in [0.717, 1.165) is 0 Å². The van der Waals surface area contributed by atoms with Crippen LogP contribution in [0.4, 0.5) is 0 Å². The molecular formula is H3ClKNaO3. The van der Waals surface area contributed by atoms with Crippen LogP contribution in [-0.4, -0.2) is 85.6 Å². The quantitative estimate of drug-likeness (QED) is 0.354. The van der Waals surface area contributed by atoms with E-state index in [-0.39, 0.29) is 80.9 Å².